The van der Waals surface area contributed by atoms with Gasteiger partial charge in [0.1, 0.15) is 13.2 Å². The van der Waals surface area contributed by atoms with Crippen LogP contribution in [0.15, 0.2) is 0 Å². The third-order valence-corrected chi connectivity index (χ3v) is 11.1. The molecule has 332 valence electrons. The van der Waals surface area contributed by atoms with Gasteiger partial charge in [-0.2, -0.15) is 0 Å². The van der Waals surface area contributed by atoms with Crippen molar-refractivity contribution in [1.82, 2.24) is 0 Å². The van der Waals surface area contributed by atoms with Crippen LogP contribution in [-0.2, 0) is 28.6 Å². The smallest absolute Gasteiger partial charge is 0.306 e. The second kappa shape index (κ2) is 41.6. The molecule has 56 heavy (non-hydrogen) atoms. The molecule has 0 aliphatic carbocycles. The SMILES string of the molecule is CC(C)CCCCCCCCCCCCCCC(=O)OC[C@@H](COC(=O)CCCCCCCCCCC(C)C)OC(=O)CCCCCCCCCCCC(C)C. The minimum Gasteiger partial charge on any atom is -0.462 e. The van der Waals surface area contributed by atoms with Gasteiger partial charge in [0.05, 0.1) is 0 Å². The second-order valence-corrected chi connectivity index (χ2v) is 18.5. The van der Waals surface area contributed by atoms with E-state index in [1.54, 1.807) is 0 Å². The lowest BCUT2D eigenvalue weighted by atomic mass is 10.0. The number of rotatable bonds is 43. The van der Waals surface area contributed by atoms with E-state index in [2.05, 4.69) is 41.5 Å². The molecule has 0 amide bonds. The van der Waals surface area contributed by atoms with Crippen molar-refractivity contribution in [2.45, 2.75) is 272 Å². The maximum atomic E-state index is 12.7. The van der Waals surface area contributed by atoms with E-state index in [4.69, 9.17) is 14.2 Å². The Morgan fingerprint density at radius 2 is 0.518 bits per heavy atom. The average molecular weight is 793 g/mol. The van der Waals surface area contributed by atoms with E-state index in [-0.39, 0.29) is 31.1 Å². The van der Waals surface area contributed by atoms with E-state index in [9.17, 15) is 14.4 Å². The maximum absolute atomic E-state index is 12.7. The van der Waals surface area contributed by atoms with Crippen LogP contribution >= 0.6 is 0 Å². The predicted molar refractivity (Wildman–Crippen MR) is 238 cm³/mol. The molecule has 0 rings (SSSR count). The van der Waals surface area contributed by atoms with Crippen molar-refractivity contribution in [3.05, 3.63) is 0 Å². The van der Waals surface area contributed by atoms with Gasteiger partial charge >= 0.3 is 17.9 Å². The minimum atomic E-state index is -0.762. The second-order valence-electron chi connectivity index (χ2n) is 18.5. The molecule has 0 spiro atoms. The summed E-state index contributed by atoms with van der Waals surface area (Å²) < 4.78 is 16.8. The van der Waals surface area contributed by atoms with Crippen LogP contribution in [0.25, 0.3) is 0 Å². The zero-order valence-corrected chi connectivity index (χ0v) is 38.4. The highest BCUT2D eigenvalue weighted by Crippen LogP contribution is 2.17. The fourth-order valence-electron chi connectivity index (χ4n) is 7.41. The lowest BCUT2D eigenvalue weighted by Crippen LogP contribution is -2.30. The Balaban J connectivity index is 4.32. The lowest BCUT2D eigenvalue weighted by Gasteiger charge is -2.18. The standard InChI is InChI=1S/C50H96O6/c1-44(2)36-30-24-18-12-9-7-8-10-14-21-27-33-39-48(51)54-42-47(43-55-49(52)40-34-28-22-17-16-20-26-32-38-46(5)6)56-50(53)41-35-29-23-15-11-13-19-25-31-37-45(3)4/h44-47H,7-43H2,1-6H3/t47-/m0/s1. The Labute approximate surface area is 348 Å². The van der Waals surface area contributed by atoms with Gasteiger partial charge in [0, 0.05) is 19.3 Å². The highest BCUT2D eigenvalue weighted by atomic mass is 16.6. The number of hydrogen-bond acceptors (Lipinski definition) is 6. The molecule has 0 N–H and O–H groups in total. The third-order valence-electron chi connectivity index (χ3n) is 11.1. The Morgan fingerprint density at radius 1 is 0.304 bits per heavy atom. The van der Waals surface area contributed by atoms with Crippen LogP contribution in [0.5, 0.6) is 0 Å². The van der Waals surface area contributed by atoms with Crippen molar-refractivity contribution >= 4 is 17.9 Å². The van der Waals surface area contributed by atoms with E-state index in [0.29, 0.717) is 19.3 Å². The summed E-state index contributed by atoms with van der Waals surface area (Å²) in [7, 11) is 0. The van der Waals surface area contributed by atoms with Crippen molar-refractivity contribution in [1.29, 1.82) is 0 Å². The molecular formula is C50H96O6. The first-order chi connectivity index (χ1) is 27.1. The fourth-order valence-corrected chi connectivity index (χ4v) is 7.41. The van der Waals surface area contributed by atoms with Crippen LogP contribution in [-0.4, -0.2) is 37.2 Å². The third kappa shape index (κ3) is 43.5. The van der Waals surface area contributed by atoms with Gasteiger partial charge in [-0.05, 0) is 37.0 Å². The minimum absolute atomic E-state index is 0.0656. The van der Waals surface area contributed by atoms with E-state index in [1.807, 2.05) is 0 Å². The summed E-state index contributed by atoms with van der Waals surface area (Å²) >= 11 is 0. The quantitative estimate of drug-likeness (QED) is 0.0348. The van der Waals surface area contributed by atoms with Crippen LogP contribution in [0, 0.1) is 17.8 Å². The summed E-state index contributed by atoms with van der Waals surface area (Å²) in [6.07, 6.45) is 39.5. The zero-order valence-electron chi connectivity index (χ0n) is 38.4. The number of carbonyl (C=O) groups excluding carboxylic acids is 3. The molecule has 0 aliphatic rings. The van der Waals surface area contributed by atoms with Crippen molar-refractivity contribution in [3.8, 4) is 0 Å². The molecule has 0 aromatic rings. The molecule has 0 aromatic carbocycles. The van der Waals surface area contributed by atoms with Crippen molar-refractivity contribution < 1.29 is 28.6 Å². The van der Waals surface area contributed by atoms with Crippen molar-refractivity contribution in [2.24, 2.45) is 17.8 Å². The largest absolute Gasteiger partial charge is 0.462 e. The van der Waals surface area contributed by atoms with Gasteiger partial charge in [-0.3, -0.25) is 14.4 Å². The molecule has 0 radical (unpaired) electrons. The molecule has 0 aliphatic heterocycles. The number of hydrogen-bond donors (Lipinski definition) is 0. The lowest BCUT2D eigenvalue weighted by molar-refractivity contribution is -0.167. The monoisotopic (exact) mass is 793 g/mol. The highest BCUT2D eigenvalue weighted by Gasteiger charge is 2.19. The Bertz CT molecular complexity index is 868. The summed E-state index contributed by atoms with van der Waals surface area (Å²) in [6, 6.07) is 0. The van der Waals surface area contributed by atoms with Gasteiger partial charge in [-0.25, -0.2) is 0 Å². The first-order valence-corrected chi connectivity index (χ1v) is 24.6. The van der Waals surface area contributed by atoms with Gasteiger partial charge in [-0.15, -0.1) is 0 Å². The van der Waals surface area contributed by atoms with Crippen LogP contribution in [0.4, 0.5) is 0 Å². The van der Waals surface area contributed by atoms with Gasteiger partial charge in [0.15, 0.2) is 6.10 Å². The molecule has 0 fully saturated rings. The Kier molecular flexibility index (Phi) is 40.4. The van der Waals surface area contributed by atoms with Crippen LogP contribution in [0.3, 0.4) is 0 Å². The van der Waals surface area contributed by atoms with E-state index < -0.39 is 6.10 Å². The molecular weight excluding hydrogens is 697 g/mol. The Morgan fingerprint density at radius 3 is 0.768 bits per heavy atom. The van der Waals surface area contributed by atoms with E-state index >= 15 is 0 Å². The number of carbonyl (C=O) groups is 3. The molecule has 0 saturated carbocycles. The number of esters is 3. The van der Waals surface area contributed by atoms with Crippen molar-refractivity contribution in [3.63, 3.8) is 0 Å². The number of ether oxygens (including phenoxy) is 3. The topological polar surface area (TPSA) is 78.9 Å². The average Bonchev–Trinajstić information content (AvgIpc) is 3.15. The Hall–Kier alpha value is -1.59. The summed E-state index contributed by atoms with van der Waals surface area (Å²) in [6.45, 7) is 13.7. The highest BCUT2D eigenvalue weighted by molar-refractivity contribution is 5.71. The molecule has 1 atom stereocenters. The van der Waals surface area contributed by atoms with E-state index in [0.717, 1.165) is 75.5 Å². The molecule has 0 saturated heterocycles. The predicted octanol–water partition coefficient (Wildman–Crippen LogP) is 15.6. The van der Waals surface area contributed by atoms with Gasteiger partial charge in [-0.1, -0.05) is 228 Å². The zero-order chi connectivity index (χ0) is 41.3. The van der Waals surface area contributed by atoms with Crippen LogP contribution in [0.1, 0.15) is 266 Å². The van der Waals surface area contributed by atoms with Crippen LogP contribution in [0.2, 0.25) is 0 Å². The molecule has 0 aromatic heterocycles. The summed E-state index contributed by atoms with van der Waals surface area (Å²) in [4.78, 5) is 37.8. The van der Waals surface area contributed by atoms with Crippen LogP contribution < -0.4 is 0 Å². The van der Waals surface area contributed by atoms with Crippen molar-refractivity contribution in [2.75, 3.05) is 13.2 Å². The number of unbranched alkanes of at least 4 members (excludes halogenated alkanes) is 26. The molecule has 0 unspecified atom stereocenters. The maximum Gasteiger partial charge on any atom is 0.306 e. The molecule has 0 heterocycles. The van der Waals surface area contributed by atoms with Gasteiger partial charge in [0.25, 0.3) is 0 Å². The normalized spacial score (nSPS) is 12.2. The van der Waals surface area contributed by atoms with Gasteiger partial charge < -0.3 is 14.2 Å². The summed E-state index contributed by atoms with van der Waals surface area (Å²) in [5, 5.41) is 0. The molecule has 6 nitrogen and oxygen atoms in total. The first-order valence-electron chi connectivity index (χ1n) is 24.6. The summed E-state index contributed by atoms with van der Waals surface area (Å²) in [5.41, 5.74) is 0. The molecule has 6 heteroatoms. The first kappa shape index (κ1) is 54.4. The molecule has 0 bridgehead atoms. The fraction of sp³-hybridized carbons (Fsp3) is 0.940. The van der Waals surface area contributed by atoms with E-state index in [1.165, 1.54) is 148 Å². The summed E-state index contributed by atoms with van der Waals surface area (Å²) in [5.74, 6) is 1.58. The van der Waals surface area contributed by atoms with Gasteiger partial charge in [0.2, 0.25) is 0 Å².